The van der Waals surface area contributed by atoms with E-state index in [-0.39, 0.29) is 17.1 Å². The van der Waals surface area contributed by atoms with Crippen molar-refractivity contribution in [2.45, 2.75) is 19.0 Å². The first-order chi connectivity index (χ1) is 11.6. The van der Waals surface area contributed by atoms with Crippen LogP contribution in [0.5, 0.6) is 0 Å². The van der Waals surface area contributed by atoms with Gasteiger partial charge in [-0.25, -0.2) is 15.0 Å². The summed E-state index contributed by atoms with van der Waals surface area (Å²) >= 11 is 1.28. The van der Waals surface area contributed by atoms with E-state index in [0.717, 1.165) is 22.4 Å². The summed E-state index contributed by atoms with van der Waals surface area (Å²) in [5.74, 6) is 0.505. The van der Waals surface area contributed by atoms with Crippen molar-refractivity contribution in [3.8, 4) is 6.07 Å². The molecule has 0 aliphatic heterocycles. The fourth-order valence-electron chi connectivity index (χ4n) is 2.29. The average molecular weight is 337 g/mol. The number of nitrogens with one attached hydrogen (secondary N) is 1. The molecule has 0 unspecified atom stereocenters. The molecule has 2 heterocycles. The summed E-state index contributed by atoms with van der Waals surface area (Å²) in [6.07, 6.45) is 0. The fourth-order valence-corrected chi connectivity index (χ4v) is 3.12. The standard InChI is InChI=1S/C17H15N5OS/c1-10-7-11(2)20-17(19-10)24-9-15(23)12(8-18)16-21-13-5-3-4-6-14(13)22-16/h3-7,23H,9H2,1-2H3,(H,21,22). The van der Waals surface area contributed by atoms with Gasteiger partial charge in [-0.15, -0.1) is 0 Å². The second kappa shape index (κ2) is 6.72. The number of aromatic amines is 1. The zero-order valence-electron chi connectivity index (χ0n) is 13.2. The molecule has 0 atom stereocenters. The Morgan fingerprint density at radius 2 is 1.92 bits per heavy atom. The molecule has 6 nitrogen and oxygen atoms in total. The van der Waals surface area contributed by atoms with Crippen molar-refractivity contribution in [3.05, 3.63) is 53.3 Å². The van der Waals surface area contributed by atoms with Crippen LogP contribution in [0.15, 0.2) is 41.2 Å². The minimum atomic E-state index is -0.0516. The molecular formula is C17H15N5OS. The normalized spacial score (nSPS) is 12.0. The molecule has 0 bridgehead atoms. The molecule has 1 aromatic carbocycles. The maximum atomic E-state index is 10.3. The first-order valence-electron chi connectivity index (χ1n) is 7.29. The lowest BCUT2D eigenvalue weighted by Crippen LogP contribution is -1.98. The van der Waals surface area contributed by atoms with Crippen molar-refractivity contribution in [1.29, 1.82) is 5.26 Å². The summed E-state index contributed by atoms with van der Waals surface area (Å²) in [5.41, 5.74) is 3.43. The van der Waals surface area contributed by atoms with Crippen molar-refractivity contribution >= 4 is 28.4 Å². The van der Waals surface area contributed by atoms with Gasteiger partial charge in [0.25, 0.3) is 0 Å². The molecule has 0 aliphatic rings. The quantitative estimate of drug-likeness (QED) is 0.327. The van der Waals surface area contributed by atoms with Crippen LogP contribution in [0.1, 0.15) is 17.2 Å². The van der Waals surface area contributed by atoms with Crippen molar-refractivity contribution in [2.75, 3.05) is 5.75 Å². The molecule has 0 saturated heterocycles. The number of nitriles is 1. The number of imidazole rings is 1. The molecule has 3 aromatic rings. The first kappa shape index (κ1) is 16.0. The van der Waals surface area contributed by atoms with Gasteiger partial charge < -0.3 is 10.1 Å². The third kappa shape index (κ3) is 3.39. The summed E-state index contributed by atoms with van der Waals surface area (Å²) in [5, 5.41) is 20.3. The van der Waals surface area contributed by atoms with Crippen molar-refractivity contribution in [3.63, 3.8) is 0 Å². The highest BCUT2D eigenvalue weighted by molar-refractivity contribution is 7.99. The van der Waals surface area contributed by atoms with E-state index in [1.807, 2.05) is 50.2 Å². The summed E-state index contributed by atoms with van der Waals surface area (Å²) in [6, 6.07) is 11.4. The number of thioether (sulfide) groups is 1. The third-order valence-electron chi connectivity index (χ3n) is 3.33. The average Bonchev–Trinajstić information content (AvgIpc) is 2.96. The van der Waals surface area contributed by atoms with Crippen LogP contribution in [0, 0.1) is 25.2 Å². The van der Waals surface area contributed by atoms with Gasteiger partial charge in [0.1, 0.15) is 17.4 Å². The Morgan fingerprint density at radius 1 is 1.21 bits per heavy atom. The molecule has 2 aromatic heterocycles. The van der Waals surface area contributed by atoms with Crippen LogP contribution < -0.4 is 0 Å². The van der Waals surface area contributed by atoms with Gasteiger partial charge in [0, 0.05) is 11.4 Å². The van der Waals surface area contributed by atoms with Crippen LogP contribution in [-0.4, -0.2) is 30.8 Å². The highest BCUT2D eigenvalue weighted by Gasteiger charge is 2.14. The van der Waals surface area contributed by atoms with E-state index in [1.165, 1.54) is 11.8 Å². The topological polar surface area (TPSA) is 98.5 Å². The third-order valence-corrected chi connectivity index (χ3v) is 4.18. The number of hydrogen-bond donors (Lipinski definition) is 2. The molecule has 24 heavy (non-hydrogen) atoms. The Morgan fingerprint density at radius 3 is 2.58 bits per heavy atom. The van der Waals surface area contributed by atoms with E-state index >= 15 is 0 Å². The van der Waals surface area contributed by atoms with E-state index in [1.54, 1.807) is 0 Å². The predicted molar refractivity (Wildman–Crippen MR) is 93.5 cm³/mol. The van der Waals surface area contributed by atoms with Crippen LogP contribution in [-0.2, 0) is 0 Å². The van der Waals surface area contributed by atoms with E-state index in [4.69, 9.17) is 0 Å². The fraction of sp³-hybridized carbons (Fsp3) is 0.176. The van der Waals surface area contributed by atoms with Gasteiger partial charge in [-0.05, 0) is 32.0 Å². The number of aryl methyl sites for hydroxylation is 2. The van der Waals surface area contributed by atoms with Gasteiger partial charge in [-0.1, -0.05) is 23.9 Å². The molecule has 7 heteroatoms. The number of fused-ring (bicyclic) bond motifs is 1. The zero-order valence-corrected chi connectivity index (χ0v) is 14.1. The molecule has 120 valence electrons. The molecule has 0 aliphatic carbocycles. The Bertz CT molecular complexity index is 917. The minimum Gasteiger partial charge on any atom is -0.510 e. The number of nitrogens with zero attached hydrogens (tertiary/aromatic N) is 4. The Hall–Kier alpha value is -2.85. The van der Waals surface area contributed by atoms with E-state index in [0.29, 0.717) is 11.0 Å². The Kier molecular flexibility index (Phi) is 4.49. The molecular weight excluding hydrogens is 322 g/mol. The number of aliphatic hydroxyl groups is 1. The molecule has 2 N–H and O–H groups in total. The minimum absolute atomic E-state index is 0.0516. The second-order valence-corrected chi connectivity index (χ2v) is 6.20. The number of allylic oxidation sites excluding steroid dienone is 1. The lowest BCUT2D eigenvalue weighted by atomic mass is 10.2. The highest BCUT2D eigenvalue weighted by Crippen LogP contribution is 2.23. The van der Waals surface area contributed by atoms with Crippen LogP contribution >= 0.6 is 11.8 Å². The van der Waals surface area contributed by atoms with Crippen LogP contribution in [0.25, 0.3) is 16.6 Å². The van der Waals surface area contributed by atoms with Crippen LogP contribution in [0.3, 0.4) is 0 Å². The van der Waals surface area contributed by atoms with Crippen molar-refractivity contribution in [1.82, 2.24) is 19.9 Å². The molecule has 3 rings (SSSR count). The first-order valence-corrected chi connectivity index (χ1v) is 8.28. The zero-order chi connectivity index (χ0) is 17.1. The summed E-state index contributed by atoms with van der Waals surface area (Å²) in [4.78, 5) is 16.0. The number of hydrogen-bond acceptors (Lipinski definition) is 6. The van der Waals surface area contributed by atoms with E-state index in [9.17, 15) is 10.4 Å². The number of aliphatic hydroxyl groups excluding tert-OH is 1. The van der Waals surface area contributed by atoms with Crippen molar-refractivity contribution < 1.29 is 5.11 Å². The molecule has 0 radical (unpaired) electrons. The number of H-pyrrole nitrogens is 1. The summed E-state index contributed by atoms with van der Waals surface area (Å²) < 4.78 is 0. The van der Waals surface area contributed by atoms with Gasteiger partial charge in [0.05, 0.1) is 16.8 Å². The number of rotatable bonds is 4. The van der Waals surface area contributed by atoms with Crippen LogP contribution in [0.4, 0.5) is 0 Å². The number of aromatic nitrogens is 4. The van der Waals surface area contributed by atoms with Gasteiger partial charge >= 0.3 is 0 Å². The molecule has 0 amide bonds. The number of para-hydroxylation sites is 2. The Labute approximate surface area is 143 Å². The molecule has 0 fully saturated rings. The Balaban J connectivity index is 1.86. The van der Waals surface area contributed by atoms with Crippen molar-refractivity contribution in [2.24, 2.45) is 0 Å². The van der Waals surface area contributed by atoms with Gasteiger partial charge in [-0.2, -0.15) is 5.26 Å². The largest absolute Gasteiger partial charge is 0.510 e. The maximum Gasteiger partial charge on any atom is 0.188 e. The predicted octanol–water partition coefficient (Wildman–Crippen LogP) is 3.55. The van der Waals surface area contributed by atoms with E-state index < -0.39 is 0 Å². The molecule has 0 saturated carbocycles. The summed E-state index contributed by atoms with van der Waals surface area (Å²) in [7, 11) is 0. The monoisotopic (exact) mass is 337 g/mol. The number of benzene rings is 1. The smallest absolute Gasteiger partial charge is 0.188 e. The lowest BCUT2D eigenvalue weighted by Gasteiger charge is -2.04. The van der Waals surface area contributed by atoms with Gasteiger partial charge in [-0.3, -0.25) is 0 Å². The summed E-state index contributed by atoms with van der Waals surface area (Å²) in [6.45, 7) is 3.78. The molecule has 0 spiro atoms. The van der Waals surface area contributed by atoms with Gasteiger partial charge in [0.15, 0.2) is 11.0 Å². The maximum absolute atomic E-state index is 10.3. The SMILES string of the molecule is Cc1cc(C)nc(SCC(O)=C(C#N)c2nc3ccccc3[nH]2)n1. The van der Waals surface area contributed by atoms with Crippen LogP contribution in [0.2, 0.25) is 0 Å². The van der Waals surface area contributed by atoms with E-state index in [2.05, 4.69) is 19.9 Å². The highest BCUT2D eigenvalue weighted by atomic mass is 32.2. The lowest BCUT2D eigenvalue weighted by molar-refractivity contribution is 0.420. The second-order valence-electron chi connectivity index (χ2n) is 5.26. The van der Waals surface area contributed by atoms with Gasteiger partial charge in [0.2, 0.25) is 0 Å².